The van der Waals surface area contributed by atoms with Gasteiger partial charge < -0.3 is 5.32 Å². The Morgan fingerprint density at radius 1 is 1.38 bits per heavy atom. The second-order valence-corrected chi connectivity index (χ2v) is 6.15. The summed E-state index contributed by atoms with van der Waals surface area (Å²) in [5, 5.41) is 17.9. The molecular formula is C14H14ClN5S. The number of rotatable bonds is 4. The van der Waals surface area contributed by atoms with E-state index in [1.807, 2.05) is 32.2 Å². The fourth-order valence-electron chi connectivity index (χ4n) is 2.07. The van der Waals surface area contributed by atoms with Crippen LogP contribution in [0.2, 0.25) is 5.02 Å². The smallest absolute Gasteiger partial charge is 0.183 e. The predicted molar refractivity (Wildman–Crippen MR) is 85.6 cm³/mol. The molecule has 1 aromatic carbocycles. The lowest BCUT2D eigenvalue weighted by atomic mass is 10.1. The van der Waals surface area contributed by atoms with Crippen molar-refractivity contribution >= 4 is 28.6 Å². The molecule has 0 atom stereocenters. The number of nitrogens with zero attached hydrogens (tertiary/aromatic N) is 4. The Labute approximate surface area is 131 Å². The van der Waals surface area contributed by atoms with Gasteiger partial charge in [0.2, 0.25) is 0 Å². The molecule has 0 fully saturated rings. The largest absolute Gasteiger partial charge is 0.380 e. The molecule has 108 valence electrons. The molecule has 0 saturated heterocycles. The first-order valence-corrected chi connectivity index (χ1v) is 7.70. The number of benzene rings is 1. The summed E-state index contributed by atoms with van der Waals surface area (Å²) in [6.07, 6.45) is 0. The van der Waals surface area contributed by atoms with Crippen LogP contribution < -0.4 is 5.32 Å². The lowest BCUT2D eigenvalue weighted by molar-refractivity contribution is 0.714. The summed E-state index contributed by atoms with van der Waals surface area (Å²) in [6, 6.07) is 8.06. The number of tetrazole rings is 1. The number of hydrogen-bond acceptors (Lipinski definition) is 5. The van der Waals surface area contributed by atoms with Gasteiger partial charge in [-0.2, -0.15) is 0 Å². The van der Waals surface area contributed by atoms with Gasteiger partial charge in [0.1, 0.15) is 0 Å². The number of nitrogens with one attached hydrogen (secondary N) is 1. The van der Waals surface area contributed by atoms with E-state index in [1.54, 1.807) is 16.0 Å². The molecule has 3 rings (SSSR count). The third-order valence-electron chi connectivity index (χ3n) is 3.19. The van der Waals surface area contributed by atoms with E-state index in [0.29, 0.717) is 5.82 Å². The number of aryl methyl sites for hydroxylation is 2. The molecular weight excluding hydrogens is 306 g/mol. The predicted octanol–water partition coefficient (Wildman–Crippen LogP) is 3.51. The molecule has 0 amide bonds. The van der Waals surface area contributed by atoms with Crippen molar-refractivity contribution in [3.05, 3.63) is 45.1 Å². The zero-order chi connectivity index (χ0) is 14.8. The monoisotopic (exact) mass is 319 g/mol. The maximum absolute atomic E-state index is 6.25. The van der Waals surface area contributed by atoms with Crippen molar-refractivity contribution in [1.82, 2.24) is 20.2 Å². The molecule has 0 aliphatic heterocycles. The van der Waals surface area contributed by atoms with E-state index < -0.39 is 0 Å². The lowest BCUT2D eigenvalue weighted by Crippen LogP contribution is -2.03. The van der Waals surface area contributed by atoms with Crippen molar-refractivity contribution < 1.29 is 0 Å². The van der Waals surface area contributed by atoms with E-state index >= 15 is 0 Å². The number of halogens is 1. The van der Waals surface area contributed by atoms with Crippen LogP contribution in [-0.2, 0) is 13.6 Å². The van der Waals surface area contributed by atoms with Crippen LogP contribution in [0, 0.1) is 6.92 Å². The molecule has 0 spiro atoms. The van der Waals surface area contributed by atoms with Gasteiger partial charge in [-0.15, -0.1) is 16.4 Å². The minimum Gasteiger partial charge on any atom is -0.380 e. The SMILES string of the molecule is Cc1cc(-c2nnnn2C)c(NCc2cccs2)cc1Cl. The van der Waals surface area contributed by atoms with Gasteiger partial charge >= 0.3 is 0 Å². The van der Waals surface area contributed by atoms with Gasteiger partial charge in [-0.25, -0.2) is 4.68 Å². The second kappa shape index (κ2) is 5.83. The Bertz CT molecular complexity index is 751. The zero-order valence-corrected chi connectivity index (χ0v) is 13.2. The summed E-state index contributed by atoms with van der Waals surface area (Å²) < 4.78 is 1.65. The highest BCUT2D eigenvalue weighted by atomic mass is 35.5. The molecule has 5 nitrogen and oxygen atoms in total. The highest BCUT2D eigenvalue weighted by Crippen LogP contribution is 2.32. The Hall–Kier alpha value is -1.92. The molecule has 2 heterocycles. The van der Waals surface area contributed by atoms with Gasteiger partial charge in [0.05, 0.1) is 0 Å². The summed E-state index contributed by atoms with van der Waals surface area (Å²) in [7, 11) is 1.82. The van der Waals surface area contributed by atoms with Crippen LogP contribution in [0.25, 0.3) is 11.4 Å². The molecule has 0 aliphatic rings. The van der Waals surface area contributed by atoms with Crippen molar-refractivity contribution in [3.63, 3.8) is 0 Å². The lowest BCUT2D eigenvalue weighted by Gasteiger charge is -2.12. The minimum atomic E-state index is 0.712. The summed E-state index contributed by atoms with van der Waals surface area (Å²) >= 11 is 7.97. The Kier molecular flexibility index (Phi) is 3.90. The first-order chi connectivity index (χ1) is 10.1. The van der Waals surface area contributed by atoms with Crippen molar-refractivity contribution in [3.8, 4) is 11.4 Å². The van der Waals surface area contributed by atoms with Gasteiger partial charge in [0.25, 0.3) is 0 Å². The molecule has 21 heavy (non-hydrogen) atoms. The molecule has 0 aliphatic carbocycles. The molecule has 0 radical (unpaired) electrons. The van der Waals surface area contributed by atoms with Crippen LogP contribution in [0.5, 0.6) is 0 Å². The van der Waals surface area contributed by atoms with E-state index in [1.165, 1.54) is 4.88 Å². The number of hydrogen-bond donors (Lipinski definition) is 1. The molecule has 2 aromatic heterocycles. The van der Waals surface area contributed by atoms with Crippen LogP contribution >= 0.6 is 22.9 Å². The zero-order valence-electron chi connectivity index (χ0n) is 11.7. The normalized spacial score (nSPS) is 10.8. The molecule has 3 aromatic rings. The van der Waals surface area contributed by atoms with Crippen LogP contribution in [0.3, 0.4) is 0 Å². The first-order valence-electron chi connectivity index (χ1n) is 6.44. The van der Waals surface area contributed by atoms with Crippen molar-refractivity contribution in [2.75, 3.05) is 5.32 Å². The topological polar surface area (TPSA) is 55.6 Å². The van der Waals surface area contributed by atoms with Crippen molar-refractivity contribution in [1.29, 1.82) is 0 Å². The number of anilines is 1. The highest BCUT2D eigenvalue weighted by Gasteiger charge is 2.13. The second-order valence-electron chi connectivity index (χ2n) is 4.71. The summed E-state index contributed by atoms with van der Waals surface area (Å²) in [5.41, 5.74) is 2.87. The van der Waals surface area contributed by atoms with E-state index in [-0.39, 0.29) is 0 Å². The Morgan fingerprint density at radius 2 is 2.24 bits per heavy atom. The van der Waals surface area contributed by atoms with Gasteiger partial charge in [0.15, 0.2) is 5.82 Å². The summed E-state index contributed by atoms with van der Waals surface area (Å²) in [5.74, 6) is 0.712. The summed E-state index contributed by atoms with van der Waals surface area (Å²) in [6.45, 7) is 2.72. The van der Waals surface area contributed by atoms with E-state index in [4.69, 9.17) is 11.6 Å². The van der Waals surface area contributed by atoms with Crippen LogP contribution in [0.4, 0.5) is 5.69 Å². The third-order valence-corrected chi connectivity index (χ3v) is 4.48. The van der Waals surface area contributed by atoms with E-state index in [2.05, 4.69) is 32.3 Å². The first kappa shape index (κ1) is 14.0. The van der Waals surface area contributed by atoms with Gasteiger partial charge in [0, 0.05) is 34.7 Å². The van der Waals surface area contributed by atoms with Crippen LogP contribution in [-0.4, -0.2) is 20.2 Å². The maximum Gasteiger partial charge on any atom is 0.183 e. The number of aromatic nitrogens is 4. The van der Waals surface area contributed by atoms with Crippen molar-refractivity contribution in [2.24, 2.45) is 7.05 Å². The quantitative estimate of drug-likeness (QED) is 0.799. The summed E-state index contributed by atoms with van der Waals surface area (Å²) in [4.78, 5) is 1.26. The minimum absolute atomic E-state index is 0.712. The average Bonchev–Trinajstić information content (AvgIpc) is 3.11. The standard InChI is InChI=1S/C14H14ClN5S/c1-9-6-11(14-17-18-19-20(14)2)13(7-12(9)15)16-8-10-4-3-5-21-10/h3-7,16H,8H2,1-2H3. The van der Waals surface area contributed by atoms with E-state index in [0.717, 1.165) is 28.4 Å². The van der Waals surface area contributed by atoms with Crippen molar-refractivity contribution in [2.45, 2.75) is 13.5 Å². The fraction of sp³-hybridized carbons (Fsp3) is 0.214. The molecule has 0 saturated carbocycles. The molecule has 7 heteroatoms. The van der Waals surface area contributed by atoms with E-state index in [9.17, 15) is 0 Å². The molecule has 1 N–H and O–H groups in total. The van der Waals surface area contributed by atoms with Gasteiger partial charge in [-0.3, -0.25) is 0 Å². The molecule has 0 bridgehead atoms. The highest BCUT2D eigenvalue weighted by molar-refractivity contribution is 7.09. The van der Waals surface area contributed by atoms with Crippen LogP contribution in [0.15, 0.2) is 29.6 Å². The Balaban J connectivity index is 1.98. The maximum atomic E-state index is 6.25. The Morgan fingerprint density at radius 3 is 2.90 bits per heavy atom. The third kappa shape index (κ3) is 2.91. The fourth-order valence-corrected chi connectivity index (χ4v) is 2.87. The van der Waals surface area contributed by atoms with Crippen LogP contribution in [0.1, 0.15) is 10.4 Å². The molecule has 0 unspecified atom stereocenters. The van der Waals surface area contributed by atoms with Gasteiger partial charge in [-0.05, 0) is 46.5 Å². The van der Waals surface area contributed by atoms with Gasteiger partial charge in [-0.1, -0.05) is 17.7 Å². The average molecular weight is 320 g/mol. The number of thiophene rings is 1.